The van der Waals surface area contributed by atoms with E-state index in [1.807, 2.05) is 0 Å². The smallest absolute Gasteiger partial charge is 0.409 e. The number of hydrogen-bond acceptors (Lipinski definition) is 10. The number of fused-ring (bicyclic) bond motifs is 5. The van der Waals surface area contributed by atoms with E-state index in [2.05, 4.69) is 5.32 Å². The van der Waals surface area contributed by atoms with Crippen LogP contribution in [-0.4, -0.2) is 85.2 Å². The summed E-state index contributed by atoms with van der Waals surface area (Å²) in [6.45, 7) is 6.45. The molecule has 0 aromatic heterocycles. The van der Waals surface area contributed by atoms with E-state index in [1.54, 1.807) is 51.1 Å². The molecule has 3 aliphatic rings. The van der Waals surface area contributed by atoms with Gasteiger partial charge in [0.2, 0.25) is 5.91 Å². The van der Waals surface area contributed by atoms with Crippen molar-refractivity contribution in [1.82, 2.24) is 5.32 Å². The molecule has 1 aromatic rings. The van der Waals surface area contributed by atoms with Crippen molar-refractivity contribution < 1.29 is 48.3 Å². The van der Waals surface area contributed by atoms with Crippen molar-refractivity contribution in [3.8, 4) is 5.75 Å². The second-order valence-electron chi connectivity index (χ2n) is 11.4. The second kappa shape index (κ2) is 12.4. The molecule has 3 heterocycles. The Bertz CT molecular complexity index is 1330. The van der Waals surface area contributed by atoms with Crippen molar-refractivity contribution in [2.75, 3.05) is 26.2 Å². The highest BCUT2D eigenvalue weighted by molar-refractivity contribution is 6.35. The molecule has 43 heavy (non-hydrogen) atoms. The van der Waals surface area contributed by atoms with Gasteiger partial charge in [0.05, 0.1) is 25.3 Å². The fraction of sp³-hybridized carbons (Fsp3) is 0.567. The third kappa shape index (κ3) is 6.53. The lowest BCUT2D eigenvalue weighted by molar-refractivity contribution is -0.151. The number of epoxide rings is 1. The van der Waals surface area contributed by atoms with E-state index in [9.17, 15) is 24.6 Å². The first-order valence-electron chi connectivity index (χ1n) is 13.9. The number of benzene rings is 1. The van der Waals surface area contributed by atoms with Crippen LogP contribution in [0.2, 0.25) is 5.02 Å². The molecule has 8 atom stereocenters. The van der Waals surface area contributed by atoms with Crippen LogP contribution < -0.4 is 15.0 Å². The van der Waals surface area contributed by atoms with Gasteiger partial charge in [0.1, 0.15) is 40.8 Å². The number of anilines is 1. The minimum Gasteiger partial charge on any atom is -0.495 e. The Morgan fingerprint density at radius 2 is 1.95 bits per heavy atom. The number of hydrogen-bond donors (Lipinski definition) is 3. The molecule has 13 heteroatoms. The van der Waals surface area contributed by atoms with Crippen molar-refractivity contribution in [1.29, 1.82) is 0 Å². The van der Waals surface area contributed by atoms with Crippen molar-refractivity contribution in [3.63, 3.8) is 0 Å². The summed E-state index contributed by atoms with van der Waals surface area (Å²) < 4.78 is 28.2. The zero-order chi connectivity index (χ0) is 31.9. The predicted molar refractivity (Wildman–Crippen MR) is 156 cm³/mol. The molecule has 1 unspecified atom stereocenters. The molecule has 2 amide bonds. The second-order valence-corrected chi connectivity index (χ2v) is 11.8. The average molecular weight is 623 g/mol. The number of aliphatic hydroxyl groups is 2. The fourth-order valence-electron chi connectivity index (χ4n) is 5.79. The fourth-order valence-corrected chi connectivity index (χ4v) is 6.10. The highest BCUT2D eigenvalue weighted by Crippen LogP contribution is 2.49. The van der Waals surface area contributed by atoms with Gasteiger partial charge in [0, 0.05) is 33.4 Å². The molecule has 12 nitrogen and oxygen atoms in total. The standard InChI is InChI=1S/C30H39ClN2O10/c1-15-9-8-10-22(40-7)30(38)14-21(42-28(37)32-30)16(2)27-29(4,43-27)23(41-17(3)34)13-24(35)33(5)19-11-18(26(15)36)12-20(39-6)25(19)31/h8-12,16,21-23,26-27,36,38H,13-14H2,1-7H3,(H,32,37)/b10-8-,15-9-/t16-,21+,22-,23?,26+,27+,29+,30+/m1/s1. The molecular weight excluding hydrogens is 584 g/mol. The number of alkyl carbamates (subject to hydrolysis) is 1. The number of halogens is 1. The number of nitrogens with zero attached hydrogens (tertiary/aromatic N) is 1. The first kappa shape index (κ1) is 32.7. The Kier molecular flexibility index (Phi) is 9.48. The van der Waals surface area contributed by atoms with E-state index >= 15 is 0 Å². The van der Waals surface area contributed by atoms with Gasteiger partial charge in [-0.25, -0.2) is 4.79 Å². The molecule has 2 saturated heterocycles. The average Bonchev–Trinajstić information content (AvgIpc) is 3.64. The van der Waals surface area contributed by atoms with Crippen molar-refractivity contribution in [2.45, 2.75) is 82.4 Å². The van der Waals surface area contributed by atoms with Gasteiger partial charge in [-0.2, -0.15) is 0 Å². The third-order valence-electron chi connectivity index (χ3n) is 8.46. The number of carbonyl (C=O) groups excluding carboxylic acids is 3. The molecule has 3 N–H and O–H groups in total. The summed E-state index contributed by atoms with van der Waals surface area (Å²) in [5, 5.41) is 25.3. The van der Waals surface area contributed by atoms with Crippen LogP contribution in [0.4, 0.5) is 10.5 Å². The molecule has 1 aromatic carbocycles. The van der Waals surface area contributed by atoms with Gasteiger partial charge in [-0.3, -0.25) is 14.9 Å². The van der Waals surface area contributed by atoms with E-state index in [0.29, 0.717) is 11.1 Å². The summed E-state index contributed by atoms with van der Waals surface area (Å²) in [6, 6.07) is 3.16. The lowest BCUT2D eigenvalue weighted by Crippen LogP contribution is -2.63. The lowest BCUT2D eigenvalue weighted by atomic mass is 9.83. The summed E-state index contributed by atoms with van der Waals surface area (Å²) in [5.41, 5.74) is -1.73. The van der Waals surface area contributed by atoms with Gasteiger partial charge < -0.3 is 38.8 Å². The van der Waals surface area contributed by atoms with E-state index in [0.717, 1.165) is 0 Å². The number of allylic oxidation sites excluding steroid dienone is 2. The number of ether oxygens (including phenoxy) is 5. The Morgan fingerprint density at radius 1 is 1.26 bits per heavy atom. The molecular formula is C30H39ClN2O10. The number of carbonyl (C=O) groups is 3. The largest absolute Gasteiger partial charge is 0.495 e. The zero-order valence-corrected chi connectivity index (χ0v) is 26.0. The maximum atomic E-state index is 13.6. The van der Waals surface area contributed by atoms with Crippen LogP contribution in [0.3, 0.4) is 0 Å². The van der Waals surface area contributed by atoms with E-state index in [4.69, 9.17) is 35.3 Å². The molecule has 4 rings (SSSR count). The molecule has 0 saturated carbocycles. The van der Waals surface area contributed by atoms with Crippen LogP contribution in [0.25, 0.3) is 0 Å². The first-order chi connectivity index (χ1) is 20.1. The highest BCUT2D eigenvalue weighted by atomic mass is 35.5. The summed E-state index contributed by atoms with van der Waals surface area (Å²) in [7, 11) is 4.34. The van der Waals surface area contributed by atoms with Crippen LogP contribution in [0.5, 0.6) is 5.75 Å². The third-order valence-corrected chi connectivity index (χ3v) is 8.84. The van der Waals surface area contributed by atoms with Crippen LogP contribution in [-0.2, 0) is 28.5 Å². The Labute approximate surface area is 255 Å². The van der Waals surface area contributed by atoms with Gasteiger partial charge >= 0.3 is 12.1 Å². The quantitative estimate of drug-likeness (QED) is 0.338. The normalized spacial score (nSPS) is 36.8. The zero-order valence-electron chi connectivity index (χ0n) is 25.3. The molecule has 236 valence electrons. The van der Waals surface area contributed by atoms with E-state index in [1.165, 1.54) is 33.1 Å². The summed E-state index contributed by atoms with van der Waals surface area (Å²) >= 11 is 6.61. The number of rotatable bonds is 3. The highest BCUT2D eigenvalue weighted by Gasteiger charge is 2.64. The number of nitrogens with one attached hydrogen (secondary N) is 1. The molecule has 4 bridgehead atoms. The van der Waals surface area contributed by atoms with Gasteiger partial charge in [0.25, 0.3) is 0 Å². The van der Waals surface area contributed by atoms with Gasteiger partial charge in [-0.15, -0.1) is 0 Å². The molecule has 0 aliphatic carbocycles. The van der Waals surface area contributed by atoms with Crippen LogP contribution in [0.1, 0.15) is 52.2 Å². The Hall–Kier alpha value is -3.16. The van der Waals surface area contributed by atoms with E-state index in [-0.39, 0.29) is 29.3 Å². The number of methoxy groups -OCH3 is 2. The number of esters is 1. The summed E-state index contributed by atoms with van der Waals surface area (Å²) in [5.74, 6) is -1.27. The summed E-state index contributed by atoms with van der Waals surface area (Å²) in [6.07, 6.45) is -0.825. The van der Waals surface area contributed by atoms with Crippen LogP contribution in [0.15, 0.2) is 35.9 Å². The van der Waals surface area contributed by atoms with Crippen molar-refractivity contribution in [3.05, 3.63) is 46.5 Å². The Balaban J connectivity index is 1.82. The maximum Gasteiger partial charge on any atom is 0.409 e. The lowest BCUT2D eigenvalue weighted by Gasteiger charge is -2.42. The number of aliphatic hydroxyl groups excluding tert-OH is 1. The molecule has 0 spiro atoms. The predicted octanol–water partition coefficient (Wildman–Crippen LogP) is 3.18. The van der Waals surface area contributed by atoms with Gasteiger partial charge in [-0.1, -0.05) is 36.8 Å². The van der Waals surface area contributed by atoms with E-state index < -0.39 is 65.7 Å². The minimum atomic E-state index is -1.83. The first-order valence-corrected chi connectivity index (χ1v) is 14.3. The molecule has 2 fully saturated rings. The molecule has 0 radical (unpaired) electrons. The van der Waals surface area contributed by atoms with Crippen molar-refractivity contribution in [2.24, 2.45) is 5.92 Å². The maximum absolute atomic E-state index is 13.6. The topological polar surface area (TPSA) is 156 Å². The summed E-state index contributed by atoms with van der Waals surface area (Å²) in [4.78, 5) is 39.7. The Morgan fingerprint density at radius 3 is 2.58 bits per heavy atom. The van der Waals surface area contributed by atoms with Crippen LogP contribution >= 0.6 is 11.6 Å². The van der Waals surface area contributed by atoms with Gasteiger partial charge in [-0.05, 0) is 37.1 Å². The van der Waals surface area contributed by atoms with Gasteiger partial charge in [0.15, 0.2) is 5.72 Å². The SMILES string of the molecule is COc1cc2cc(c1Cl)N(C)C(=O)CC(OC(C)=O)[C@]1(C)O[C@H]1[C@H](C)[C@@H]1C[C@@](O)(NC(=O)O1)[C@H](OC)/C=C\C=C(\C)[C@@H]2O. The van der Waals surface area contributed by atoms with Crippen LogP contribution in [0, 0.1) is 5.92 Å². The van der Waals surface area contributed by atoms with Crippen molar-refractivity contribution >= 4 is 35.3 Å². The number of amides is 2. The monoisotopic (exact) mass is 622 g/mol. The molecule has 3 aliphatic heterocycles. The minimum absolute atomic E-state index is 0.0476.